The van der Waals surface area contributed by atoms with Crippen LogP contribution >= 0.6 is 23.4 Å². The largest absolute Gasteiger partial charge is 0.493 e. The highest BCUT2D eigenvalue weighted by atomic mass is 35.5. The minimum atomic E-state index is -1.00. The second-order valence-electron chi connectivity index (χ2n) is 12.9. The van der Waals surface area contributed by atoms with Gasteiger partial charge in [0.2, 0.25) is 0 Å². The molecule has 0 saturated carbocycles. The summed E-state index contributed by atoms with van der Waals surface area (Å²) in [7, 11) is 1.97. The Balaban J connectivity index is 1.37. The molecule has 3 aromatic heterocycles. The number of ether oxygens (including phenoxy) is 1. The number of aromatic carboxylic acids is 1. The van der Waals surface area contributed by atoms with E-state index in [2.05, 4.69) is 6.07 Å². The molecule has 1 aliphatic rings. The lowest BCUT2D eigenvalue weighted by molar-refractivity contribution is 0.0684. The number of halogens is 2. The number of nitrogens with zero attached hydrogens (tertiary/aromatic N) is 5. The average Bonchev–Trinajstić information content (AvgIpc) is 3.69. The van der Waals surface area contributed by atoms with Crippen LogP contribution in [0.2, 0.25) is 5.02 Å². The van der Waals surface area contributed by atoms with Crippen molar-refractivity contribution >= 4 is 51.0 Å². The number of thioether (sulfide) groups is 1. The molecule has 0 atom stereocenters. The first-order valence-corrected chi connectivity index (χ1v) is 18.4. The molecule has 0 unspecified atom stereocenters. The molecule has 260 valence electrons. The number of nitrogens with two attached hydrogens (primary N) is 1. The molecule has 0 radical (unpaired) electrons. The molecule has 7 rings (SSSR count). The molecule has 50 heavy (non-hydrogen) atoms. The second-order valence-corrected chi connectivity index (χ2v) is 14.3. The molecule has 0 spiro atoms. The fourth-order valence-electron chi connectivity index (χ4n) is 7.33. The van der Waals surface area contributed by atoms with Gasteiger partial charge < -0.3 is 20.1 Å². The molecule has 0 aliphatic carbocycles. The Bertz CT molecular complexity index is 2260. The molecule has 4 heterocycles. The lowest BCUT2D eigenvalue weighted by Gasteiger charge is -2.14. The quantitative estimate of drug-likeness (QED) is 0.191. The molecule has 9 nitrogen and oxygen atoms in total. The van der Waals surface area contributed by atoms with E-state index >= 15 is 0 Å². The van der Waals surface area contributed by atoms with Gasteiger partial charge in [0, 0.05) is 69.8 Å². The Morgan fingerprint density at radius 2 is 1.92 bits per heavy atom. The molecule has 12 heteroatoms. The van der Waals surface area contributed by atoms with Crippen molar-refractivity contribution < 1.29 is 19.0 Å². The number of aromatic nitrogens is 5. The van der Waals surface area contributed by atoms with E-state index in [0.717, 1.165) is 80.4 Å². The van der Waals surface area contributed by atoms with E-state index in [1.807, 2.05) is 59.1 Å². The summed E-state index contributed by atoms with van der Waals surface area (Å²) in [6.45, 7) is 5.80. The van der Waals surface area contributed by atoms with Crippen molar-refractivity contribution in [3.05, 3.63) is 99.0 Å². The van der Waals surface area contributed by atoms with Gasteiger partial charge in [-0.3, -0.25) is 9.36 Å². The van der Waals surface area contributed by atoms with Gasteiger partial charge in [-0.25, -0.2) is 9.18 Å². The van der Waals surface area contributed by atoms with Crippen LogP contribution in [0.4, 0.5) is 4.39 Å². The Morgan fingerprint density at radius 3 is 2.72 bits per heavy atom. The monoisotopic (exact) mass is 714 g/mol. The van der Waals surface area contributed by atoms with Crippen molar-refractivity contribution in [3.8, 4) is 16.9 Å². The van der Waals surface area contributed by atoms with Gasteiger partial charge in [0.05, 0.1) is 23.7 Å². The number of carbonyl (C=O) groups is 1. The molecule has 6 aromatic rings. The summed E-state index contributed by atoms with van der Waals surface area (Å²) in [6, 6.07) is 14.7. The molecule has 0 fully saturated rings. The van der Waals surface area contributed by atoms with Gasteiger partial charge in [-0.05, 0) is 105 Å². The van der Waals surface area contributed by atoms with Crippen molar-refractivity contribution in [3.63, 3.8) is 0 Å². The SMILES string of the molecule is Cc1nn(CCCN)c2c1-c1c(Cl)ccc3c1c(C)c(C(=O)O)n3CCCOc1cc(cc3cc(F)ccc13)CCc1cc(nn1C)CSC2. The van der Waals surface area contributed by atoms with E-state index in [9.17, 15) is 14.3 Å². The fourth-order valence-corrected chi connectivity index (χ4v) is 8.52. The molecular weight excluding hydrogens is 675 g/mol. The van der Waals surface area contributed by atoms with E-state index < -0.39 is 5.97 Å². The molecule has 3 N–H and O–H groups in total. The predicted molar refractivity (Wildman–Crippen MR) is 198 cm³/mol. The highest BCUT2D eigenvalue weighted by molar-refractivity contribution is 7.97. The third kappa shape index (κ3) is 6.38. The van der Waals surface area contributed by atoms with Gasteiger partial charge in [-0.15, -0.1) is 11.8 Å². The van der Waals surface area contributed by atoms with Crippen LogP contribution in [0.1, 0.15) is 57.2 Å². The number of hydrogen-bond acceptors (Lipinski definition) is 6. The average molecular weight is 715 g/mol. The van der Waals surface area contributed by atoms with Crippen LogP contribution in [-0.4, -0.2) is 48.4 Å². The van der Waals surface area contributed by atoms with E-state index in [4.69, 9.17) is 32.3 Å². The van der Waals surface area contributed by atoms with Crippen molar-refractivity contribution in [2.45, 2.75) is 64.1 Å². The minimum Gasteiger partial charge on any atom is -0.493 e. The summed E-state index contributed by atoms with van der Waals surface area (Å²) < 4.78 is 26.6. The number of hydrogen-bond donors (Lipinski definition) is 2. The Morgan fingerprint density at radius 1 is 1.08 bits per heavy atom. The predicted octanol–water partition coefficient (Wildman–Crippen LogP) is 7.85. The standard InChI is InChI=1S/C38H40ClFN6O3S/c1-22-34-31-11-10-30(39)36(34)35-23(2)42-46(14-4-12-41)32(35)21-50-20-27-19-28(44(3)43-27)8-6-24-16-25-18-26(40)7-9-29(25)33(17-24)49-15-5-13-45(31)37(22)38(47)48/h7,9-11,16-19H,4-6,8,12-15,20-21,41H2,1-3H3,(H,47,48). The summed E-state index contributed by atoms with van der Waals surface area (Å²) in [6.07, 6.45) is 2.81. The Labute approximate surface area is 299 Å². The second kappa shape index (κ2) is 14.1. The highest BCUT2D eigenvalue weighted by Crippen LogP contribution is 2.43. The molecule has 1 aliphatic heterocycles. The van der Waals surface area contributed by atoms with Crippen molar-refractivity contribution in [2.24, 2.45) is 12.8 Å². The molecule has 3 aromatic carbocycles. The number of rotatable bonds is 4. The summed E-state index contributed by atoms with van der Waals surface area (Å²) >= 11 is 8.81. The Kier molecular flexibility index (Phi) is 9.65. The first-order valence-electron chi connectivity index (χ1n) is 16.9. The third-order valence-corrected chi connectivity index (χ3v) is 10.9. The van der Waals surface area contributed by atoms with Crippen LogP contribution in [-0.2, 0) is 44.5 Å². The minimum absolute atomic E-state index is 0.226. The summed E-state index contributed by atoms with van der Waals surface area (Å²) in [5, 5.41) is 23.2. The summed E-state index contributed by atoms with van der Waals surface area (Å²) in [4.78, 5) is 12.8. The van der Waals surface area contributed by atoms with E-state index in [1.54, 1.807) is 17.8 Å². The van der Waals surface area contributed by atoms with E-state index in [-0.39, 0.29) is 11.5 Å². The molecule has 0 amide bonds. The van der Waals surface area contributed by atoms with Crippen LogP contribution in [0.5, 0.6) is 5.75 Å². The van der Waals surface area contributed by atoms with Crippen LogP contribution in [0.25, 0.3) is 32.8 Å². The van der Waals surface area contributed by atoms with Crippen LogP contribution in [0.15, 0.2) is 48.5 Å². The fraction of sp³-hybridized carbons (Fsp3) is 0.342. The van der Waals surface area contributed by atoms with Crippen molar-refractivity contribution in [1.82, 2.24) is 24.1 Å². The topological polar surface area (TPSA) is 113 Å². The summed E-state index contributed by atoms with van der Waals surface area (Å²) in [5.74, 6) is 0.724. The van der Waals surface area contributed by atoms with Gasteiger partial charge in [0.25, 0.3) is 0 Å². The van der Waals surface area contributed by atoms with Crippen molar-refractivity contribution in [2.75, 3.05) is 13.2 Å². The van der Waals surface area contributed by atoms with Crippen molar-refractivity contribution in [1.29, 1.82) is 0 Å². The maximum Gasteiger partial charge on any atom is 0.352 e. The Hall–Kier alpha value is -4.32. The number of carboxylic acid groups (broad SMARTS) is 1. The lowest BCUT2D eigenvalue weighted by atomic mass is 9.97. The van der Waals surface area contributed by atoms with Gasteiger partial charge in [0.15, 0.2) is 0 Å². The van der Waals surface area contributed by atoms with Gasteiger partial charge >= 0.3 is 5.97 Å². The third-order valence-electron chi connectivity index (χ3n) is 9.59. The zero-order chi connectivity index (χ0) is 35.1. The first kappa shape index (κ1) is 34.1. The zero-order valence-corrected chi connectivity index (χ0v) is 30.0. The maximum atomic E-state index is 14.3. The normalized spacial score (nSPS) is 14.1. The number of aryl methyl sites for hydroxylation is 7. The van der Waals surface area contributed by atoms with Crippen LogP contribution < -0.4 is 10.5 Å². The lowest BCUT2D eigenvalue weighted by Crippen LogP contribution is -2.12. The van der Waals surface area contributed by atoms with Gasteiger partial charge in [0.1, 0.15) is 17.3 Å². The molecule has 8 bridgehead atoms. The van der Waals surface area contributed by atoms with Crippen LogP contribution in [0.3, 0.4) is 0 Å². The molecule has 0 saturated heterocycles. The number of fused-ring (bicyclic) bond motifs is 8. The van der Waals surface area contributed by atoms with E-state index in [0.29, 0.717) is 60.5 Å². The van der Waals surface area contributed by atoms with Crippen LogP contribution in [0, 0.1) is 19.7 Å². The maximum absolute atomic E-state index is 14.3. The first-order chi connectivity index (χ1) is 24.1. The number of benzene rings is 3. The van der Waals surface area contributed by atoms with Gasteiger partial charge in [-0.2, -0.15) is 10.2 Å². The molecular formula is C38H40ClFN6O3S. The number of carboxylic acids is 1. The summed E-state index contributed by atoms with van der Waals surface area (Å²) in [5.41, 5.74) is 14.3. The smallest absolute Gasteiger partial charge is 0.352 e. The van der Waals surface area contributed by atoms with E-state index in [1.165, 1.54) is 12.1 Å². The van der Waals surface area contributed by atoms with Gasteiger partial charge in [-0.1, -0.05) is 17.7 Å². The highest BCUT2D eigenvalue weighted by Gasteiger charge is 2.27. The zero-order valence-electron chi connectivity index (χ0n) is 28.4.